The zero-order valence-electron chi connectivity index (χ0n) is 14.6. The Hall–Kier alpha value is -2.12. The molecule has 0 spiro atoms. The maximum absolute atomic E-state index is 12.9. The SMILES string of the molecule is CC(CCNS(=O)(=O)Cc1ccc(F)cc1)c1ccc2c(c1)OCCO2. The molecular formula is C19H22FNO4S. The van der Waals surface area contributed by atoms with Gasteiger partial charge in [-0.05, 0) is 47.7 Å². The van der Waals surface area contributed by atoms with Crippen molar-refractivity contribution in [1.82, 2.24) is 4.72 Å². The van der Waals surface area contributed by atoms with Crippen molar-refractivity contribution in [1.29, 1.82) is 0 Å². The van der Waals surface area contributed by atoms with E-state index in [-0.39, 0.29) is 17.5 Å². The van der Waals surface area contributed by atoms with Gasteiger partial charge in [0.1, 0.15) is 19.0 Å². The quantitative estimate of drug-likeness (QED) is 0.802. The van der Waals surface area contributed by atoms with E-state index >= 15 is 0 Å². The molecule has 0 bridgehead atoms. The van der Waals surface area contributed by atoms with Crippen LogP contribution in [-0.2, 0) is 15.8 Å². The smallest absolute Gasteiger partial charge is 0.215 e. The molecule has 2 aromatic carbocycles. The summed E-state index contributed by atoms with van der Waals surface area (Å²) in [6.07, 6.45) is 0.655. The monoisotopic (exact) mass is 379 g/mol. The summed E-state index contributed by atoms with van der Waals surface area (Å²) in [6, 6.07) is 11.3. The molecule has 1 aliphatic heterocycles. The first-order chi connectivity index (χ1) is 12.4. The van der Waals surface area contributed by atoms with E-state index < -0.39 is 10.0 Å². The first-order valence-corrected chi connectivity index (χ1v) is 10.2. The van der Waals surface area contributed by atoms with Crippen LogP contribution in [0, 0.1) is 5.82 Å². The van der Waals surface area contributed by atoms with Gasteiger partial charge in [0, 0.05) is 6.54 Å². The molecule has 1 aliphatic rings. The van der Waals surface area contributed by atoms with Crippen LogP contribution in [0.15, 0.2) is 42.5 Å². The first-order valence-electron chi connectivity index (χ1n) is 8.54. The molecule has 0 radical (unpaired) electrons. The van der Waals surface area contributed by atoms with Gasteiger partial charge in [0.05, 0.1) is 5.75 Å². The van der Waals surface area contributed by atoms with Gasteiger partial charge in [-0.15, -0.1) is 0 Å². The summed E-state index contributed by atoms with van der Waals surface area (Å²) in [4.78, 5) is 0. The highest BCUT2D eigenvalue weighted by Gasteiger charge is 2.16. The third-order valence-corrected chi connectivity index (χ3v) is 5.66. The summed E-state index contributed by atoms with van der Waals surface area (Å²) in [6.45, 7) is 3.46. The predicted octanol–water partition coefficient (Wildman–Crippen LogP) is 3.21. The van der Waals surface area contributed by atoms with E-state index in [1.807, 2.05) is 25.1 Å². The number of fused-ring (bicyclic) bond motifs is 1. The van der Waals surface area contributed by atoms with Crippen LogP contribution in [0.5, 0.6) is 11.5 Å². The van der Waals surface area contributed by atoms with Crippen LogP contribution in [0.25, 0.3) is 0 Å². The molecule has 1 unspecified atom stereocenters. The van der Waals surface area contributed by atoms with Crippen molar-refractivity contribution in [3.05, 3.63) is 59.4 Å². The van der Waals surface area contributed by atoms with Gasteiger partial charge in [0.25, 0.3) is 0 Å². The first kappa shape index (κ1) is 18.7. The second-order valence-electron chi connectivity index (χ2n) is 6.37. The maximum atomic E-state index is 12.9. The molecule has 1 N–H and O–H groups in total. The predicted molar refractivity (Wildman–Crippen MR) is 97.5 cm³/mol. The number of sulfonamides is 1. The van der Waals surface area contributed by atoms with Crippen LogP contribution in [0.4, 0.5) is 4.39 Å². The topological polar surface area (TPSA) is 64.6 Å². The second-order valence-corrected chi connectivity index (χ2v) is 8.18. The molecule has 5 nitrogen and oxygen atoms in total. The Morgan fingerprint density at radius 2 is 1.77 bits per heavy atom. The number of nitrogens with one attached hydrogen (secondary N) is 1. The van der Waals surface area contributed by atoms with Gasteiger partial charge in [0.2, 0.25) is 10.0 Å². The van der Waals surface area contributed by atoms with Gasteiger partial charge in [-0.25, -0.2) is 17.5 Å². The highest BCUT2D eigenvalue weighted by Crippen LogP contribution is 2.33. The molecule has 2 aromatic rings. The van der Waals surface area contributed by atoms with Crippen LogP contribution in [0.3, 0.4) is 0 Å². The standard InChI is InChI=1S/C19H22FNO4S/c1-14(16-4-7-18-19(12-16)25-11-10-24-18)8-9-21-26(22,23)13-15-2-5-17(20)6-3-15/h2-7,12,14,21H,8-11,13H2,1H3. The van der Waals surface area contributed by atoms with Gasteiger partial charge >= 0.3 is 0 Å². The van der Waals surface area contributed by atoms with Gasteiger partial charge in [-0.2, -0.15) is 0 Å². The lowest BCUT2D eigenvalue weighted by atomic mass is 9.97. The van der Waals surface area contributed by atoms with E-state index in [0.29, 0.717) is 31.7 Å². The lowest BCUT2D eigenvalue weighted by molar-refractivity contribution is 0.171. The van der Waals surface area contributed by atoms with Crippen LogP contribution in [0.2, 0.25) is 0 Å². The van der Waals surface area contributed by atoms with Crippen molar-refractivity contribution in [2.45, 2.75) is 25.0 Å². The minimum absolute atomic E-state index is 0.161. The molecule has 0 fully saturated rings. The fourth-order valence-corrected chi connectivity index (χ4v) is 3.98. The Kier molecular flexibility index (Phi) is 5.78. The molecule has 0 aliphatic carbocycles. The fourth-order valence-electron chi connectivity index (χ4n) is 2.82. The van der Waals surface area contributed by atoms with E-state index in [0.717, 1.165) is 17.1 Å². The molecule has 26 heavy (non-hydrogen) atoms. The van der Waals surface area contributed by atoms with Crippen LogP contribution >= 0.6 is 0 Å². The second kappa shape index (κ2) is 8.05. The third-order valence-electron chi connectivity index (χ3n) is 4.30. The zero-order chi connectivity index (χ0) is 18.6. The van der Waals surface area contributed by atoms with Crippen LogP contribution in [0.1, 0.15) is 30.4 Å². The minimum atomic E-state index is -3.46. The summed E-state index contributed by atoms with van der Waals surface area (Å²) >= 11 is 0. The van der Waals surface area contributed by atoms with Crippen molar-refractivity contribution in [2.75, 3.05) is 19.8 Å². The highest BCUT2D eigenvalue weighted by atomic mass is 32.2. The summed E-state index contributed by atoms with van der Waals surface area (Å²) in [7, 11) is -3.46. The van der Waals surface area contributed by atoms with E-state index in [1.54, 1.807) is 0 Å². The number of rotatable bonds is 7. The van der Waals surface area contributed by atoms with Crippen molar-refractivity contribution < 1.29 is 22.3 Å². The van der Waals surface area contributed by atoms with E-state index in [1.165, 1.54) is 24.3 Å². The van der Waals surface area contributed by atoms with E-state index in [2.05, 4.69) is 4.72 Å². The molecule has 0 amide bonds. The molecule has 0 saturated carbocycles. The summed E-state index contributed by atoms with van der Waals surface area (Å²) < 4.78 is 50.9. The van der Waals surface area contributed by atoms with Gasteiger partial charge in [-0.1, -0.05) is 25.1 Å². The number of benzene rings is 2. The van der Waals surface area contributed by atoms with Gasteiger partial charge in [0.15, 0.2) is 11.5 Å². The fraction of sp³-hybridized carbons (Fsp3) is 0.368. The summed E-state index contributed by atoms with van der Waals surface area (Å²) in [5, 5.41) is 0. The average molecular weight is 379 g/mol. The molecule has 140 valence electrons. The molecule has 3 rings (SSSR count). The molecule has 1 heterocycles. The lowest BCUT2D eigenvalue weighted by Gasteiger charge is -2.20. The maximum Gasteiger partial charge on any atom is 0.215 e. The average Bonchev–Trinajstić information content (AvgIpc) is 2.63. The Morgan fingerprint density at radius 3 is 2.50 bits per heavy atom. The molecule has 1 atom stereocenters. The summed E-state index contributed by atoms with van der Waals surface area (Å²) in [5.74, 6) is 1.10. The van der Waals surface area contributed by atoms with Gasteiger partial charge in [-0.3, -0.25) is 0 Å². The Morgan fingerprint density at radius 1 is 1.08 bits per heavy atom. The van der Waals surface area contributed by atoms with Crippen molar-refractivity contribution in [2.24, 2.45) is 0 Å². The third kappa shape index (κ3) is 4.95. The van der Waals surface area contributed by atoms with Crippen molar-refractivity contribution in [3.8, 4) is 11.5 Å². The molecular weight excluding hydrogens is 357 g/mol. The number of hydrogen-bond donors (Lipinski definition) is 1. The van der Waals surface area contributed by atoms with Crippen LogP contribution in [-0.4, -0.2) is 28.2 Å². The normalized spacial score (nSPS) is 14.8. The van der Waals surface area contributed by atoms with E-state index in [4.69, 9.17) is 9.47 Å². The summed E-state index contributed by atoms with van der Waals surface area (Å²) in [5.41, 5.74) is 1.63. The lowest BCUT2D eigenvalue weighted by Crippen LogP contribution is -2.27. The van der Waals surface area contributed by atoms with Crippen molar-refractivity contribution >= 4 is 10.0 Å². The van der Waals surface area contributed by atoms with Gasteiger partial charge < -0.3 is 9.47 Å². The largest absolute Gasteiger partial charge is 0.486 e. The minimum Gasteiger partial charge on any atom is -0.486 e. The molecule has 0 saturated heterocycles. The highest BCUT2D eigenvalue weighted by molar-refractivity contribution is 7.88. The Bertz CT molecular complexity index is 852. The number of halogens is 1. The molecule has 0 aromatic heterocycles. The zero-order valence-corrected chi connectivity index (χ0v) is 15.4. The Labute approximate surface area is 153 Å². The Balaban J connectivity index is 1.52. The van der Waals surface area contributed by atoms with Crippen molar-refractivity contribution in [3.63, 3.8) is 0 Å². The van der Waals surface area contributed by atoms with E-state index in [9.17, 15) is 12.8 Å². The van der Waals surface area contributed by atoms with Crippen LogP contribution < -0.4 is 14.2 Å². The number of hydrogen-bond acceptors (Lipinski definition) is 4. The number of ether oxygens (including phenoxy) is 2. The molecule has 7 heteroatoms.